The zero-order chi connectivity index (χ0) is 23.5. The fraction of sp³-hybridized carbons (Fsp3) is 0.435. The van der Waals surface area contributed by atoms with Crippen LogP contribution in [0, 0.1) is 20.2 Å². The molecule has 1 aliphatic carbocycles. The molecule has 3 rings (SSSR count). The lowest BCUT2D eigenvalue weighted by Crippen LogP contribution is -2.43. The average molecular weight is 458 g/mol. The van der Waals surface area contributed by atoms with Gasteiger partial charge in [0.05, 0.1) is 21.5 Å². The minimum absolute atomic E-state index is 0.0743. The molecule has 0 radical (unpaired) electrons. The molecule has 0 unspecified atom stereocenters. The van der Waals surface area contributed by atoms with Crippen molar-refractivity contribution in [3.05, 3.63) is 73.8 Å². The van der Waals surface area contributed by atoms with E-state index in [-0.39, 0.29) is 22.3 Å². The maximum atomic E-state index is 12.8. The molecule has 0 spiro atoms. The van der Waals surface area contributed by atoms with Gasteiger partial charge in [0, 0.05) is 28.3 Å². The minimum Gasteiger partial charge on any atom is -0.348 e. The molecule has 0 aliphatic heterocycles. The minimum atomic E-state index is -0.732. The van der Waals surface area contributed by atoms with Crippen molar-refractivity contribution in [1.82, 2.24) is 5.32 Å². The molecule has 32 heavy (non-hydrogen) atoms. The lowest BCUT2D eigenvalue weighted by atomic mass is 9.87. The molecular formula is C23H27N3O5S. The molecule has 2 aromatic rings. The number of nitrogens with one attached hydrogen (secondary N) is 1. The predicted molar refractivity (Wildman–Crippen MR) is 124 cm³/mol. The Kier molecular flexibility index (Phi) is 7.18. The first-order chi connectivity index (χ1) is 15.0. The van der Waals surface area contributed by atoms with Crippen LogP contribution in [0.25, 0.3) is 0 Å². The third kappa shape index (κ3) is 5.85. The summed E-state index contributed by atoms with van der Waals surface area (Å²) in [7, 11) is 0. The number of carbonyl (C=O) groups is 1. The number of hydrogen-bond acceptors (Lipinski definition) is 6. The molecule has 0 bridgehead atoms. The third-order valence-corrected chi connectivity index (χ3v) is 7.02. The fourth-order valence-corrected chi connectivity index (χ4v) is 5.10. The molecule has 1 saturated carbocycles. The summed E-state index contributed by atoms with van der Waals surface area (Å²) < 4.78 is 0. The third-order valence-electron chi connectivity index (χ3n) is 5.61. The van der Waals surface area contributed by atoms with E-state index in [1.54, 1.807) is 11.8 Å². The van der Waals surface area contributed by atoms with E-state index in [0.29, 0.717) is 0 Å². The van der Waals surface area contributed by atoms with Crippen LogP contribution in [0.15, 0.2) is 47.4 Å². The lowest BCUT2D eigenvalue weighted by molar-refractivity contribution is -0.394. The van der Waals surface area contributed by atoms with E-state index in [1.807, 2.05) is 0 Å². The molecule has 0 aromatic heterocycles. The second kappa shape index (κ2) is 9.68. The van der Waals surface area contributed by atoms with Gasteiger partial charge in [-0.15, -0.1) is 11.8 Å². The summed E-state index contributed by atoms with van der Waals surface area (Å²) in [5.41, 5.74) is 0.305. The van der Waals surface area contributed by atoms with Gasteiger partial charge in [0.25, 0.3) is 17.3 Å². The summed E-state index contributed by atoms with van der Waals surface area (Å²) in [5, 5.41) is 25.4. The number of carbonyl (C=O) groups excluding carboxylic acids is 1. The number of rotatable bonds is 6. The van der Waals surface area contributed by atoms with E-state index in [0.717, 1.165) is 48.8 Å². The van der Waals surface area contributed by atoms with Crippen LogP contribution in [-0.2, 0) is 5.41 Å². The number of nitrogens with zero attached hydrogens (tertiary/aromatic N) is 2. The Balaban J connectivity index is 1.76. The van der Waals surface area contributed by atoms with Crippen molar-refractivity contribution in [3.8, 4) is 0 Å². The first-order valence-electron chi connectivity index (χ1n) is 10.6. The van der Waals surface area contributed by atoms with Gasteiger partial charge in [0.2, 0.25) is 0 Å². The Labute approximate surface area is 191 Å². The summed E-state index contributed by atoms with van der Waals surface area (Å²) in [6, 6.07) is 11.4. The van der Waals surface area contributed by atoms with Crippen molar-refractivity contribution >= 4 is 29.0 Å². The normalized spacial score (nSPS) is 18.7. The van der Waals surface area contributed by atoms with Gasteiger partial charge in [-0.2, -0.15) is 0 Å². The first-order valence-corrected chi connectivity index (χ1v) is 11.4. The molecule has 1 N–H and O–H groups in total. The summed E-state index contributed by atoms with van der Waals surface area (Å²) in [5.74, 6) is -0.530. The standard InChI is InChI=1S/C23H27N3O5S/c1-23(2,3)16-8-10-19(11-9-16)32-21-7-5-4-6-20(21)24-22(27)15-12-17(25(28)29)14-18(13-15)26(30)31/h8-14,20-21H,4-7H2,1-3H3,(H,24,27)/t20-,21-/m1/s1. The highest BCUT2D eigenvalue weighted by atomic mass is 32.2. The number of non-ortho nitro benzene ring substituents is 2. The largest absolute Gasteiger partial charge is 0.348 e. The van der Waals surface area contributed by atoms with E-state index >= 15 is 0 Å². The second-order valence-electron chi connectivity index (χ2n) is 9.05. The van der Waals surface area contributed by atoms with Crippen LogP contribution in [0.5, 0.6) is 0 Å². The Hall–Kier alpha value is -2.94. The van der Waals surface area contributed by atoms with Gasteiger partial charge < -0.3 is 5.32 Å². The smallest absolute Gasteiger partial charge is 0.277 e. The summed E-state index contributed by atoms with van der Waals surface area (Å²) in [6.45, 7) is 6.50. The van der Waals surface area contributed by atoms with Crippen LogP contribution in [0.1, 0.15) is 62.4 Å². The molecule has 170 valence electrons. The van der Waals surface area contributed by atoms with E-state index in [2.05, 4.69) is 50.4 Å². The topological polar surface area (TPSA) is 115 Å². The van der Waals surface area contributed by atoms with E-state index in [9.17, 15) is 25.0 Å². The summed E-state index contributed by atoms with van der Waals surface area (Å²) in [4.78, 5) is 34.8. The second-order valence-corrected chi connectivity index (χ2v) is 10.4. The summed E-state index contributed by atoms with van der Waals surface area (Å²) in [6.07, 6.45) is 3.76. The van der Waals surface area contributed by atoms with Crippen LogP contribution in [-0.4, -0.2) is 27.0 Å². The predicted octanol–water partition coefficient (Wildman–Crippen LogP) is 5.63. The van der Waals surface area contributed by atoms with E-state index in [4.69, 9.17) is 0 Å². The quantitative estimate of drug-likeness (QED) is 0.444. The van der Waals surface area contributed by atoms with Crippen molar-refractivity contribution in [2.75, 3.05) is 0 Å². The highest BCUT2D eigenvalue weighted by Crippen LogP contribution is 2.35. The SMILES string of the molecule is CC(C)(C)c1ccc(S[C@@H]2CCCC[C@H]2NC(=O)c2cc([N+](=O)[O-])cc([N+](=O)[O-])c2)cc1. The van der Waals surface area contributed by atoms with Crippen molar-refractivity contribution < 1.29 is 14.6 Å². The molecular weight excluding hydrogens is 430 g/mol. The van der Waals surface area contributed by atoms with Crippen molar-refractivity contribution in [2.45, 2.75) is 68.1 Å². The van der Waals surface area contributed by atoms with Crippen molar-refractivity contribution in [2.24, 2.45) is 0 Å². The van der Waals surface area contributed by atoms with Gasteiger partial charge in [0.1, 0.15) is 0 Å². The van der Waals surface area contributed by atoms with Crippen LogP contribution in [0.4, 0.5) is 11.4 Å². The molecule has 9 heteroatoms. The fourth-order valence-electron chi connectivity index (χ4n) is 3.80. The Morgan fingerprint density at radius 3 is 2.06 bits per heavy atom. The van der Waals surface area contributed by atoms with Gasteiger partial charge in [-0.25, -0.2) is 0 Å². The Morgan fingerprint density at radius 1 is 0.969 bits per heavy atom. The number of nitro benzene ring substituents is 2. The van der Waals surface area contributed by atoms with Gasteiger partial charge in [-0.05, 0) is 36.0 Å². The van der Waals surface area contributed by atoms with Crippen LogP contribution in [0.3, 0.4) is 0 Å². The zero-order valence-corrected chi connectivity index (χ0v) is 19.2. The van der Waals surface area contributed by atoms with Gasteiger partial charge >= 0.3 is 0 Å². The molecule has 0 heterocycles. The highest BCUT2D eigenvalue weighted by molar-refractivity contribution is 8.00. The average Bonchev–Trinajstić information content (AvgIpc) is 2.74. The molecule has 1 amide bonds. The van der Waals surface area contributed by atoms with Crippen molar-refractivity contribution in [3.63, 3.8) is 0 Å². The Morgan fingerprint density at radius 2 is 1.53 bits per heavy atom. The lowest BCUT2D eigenvalue weighted by Gasteiger charge is -2.32. The monoisotopic (exact) mass is 457 g/mol. The molecule has 8 nitrogen and oxygen atoms in total. The van der Waals surface area contributed by atoms with Crippen LogP contribution >= 0.6 is 11.8 Å². The van der Waals surface area contributed by atoms with Gasteiger partial charge in [-0.1, -0.05) is 45.7 Å². The van der Waals surface area contributed by atoms with E-state index in [1.165, 1.54) is 5.56 Å². The van der Waals surface area contributed by atoms with Crippen molar-refractivity contribution in [1.29, 1.82) is 0 Å². The zero-order valence-electron chi connectivity index (χ0n) is 18.4. The number of thioether (sulfide) groups is 1. The van der Waals surface area contributed by atoms with Gasteiger partial charge in [0.15, 0.2) is 0 Å². The van der Waals surface area contributed by atoms with E-state index < -0.39 is 27.1 Å². The molecule has 0 saturated heterocycles. The molecule has 1 aliphatic rings. The Bertz CT molecular complexity index is 985. The summed E-state index contributed by atoms with van der Waals surface area (Å²) >= 11 is 1.71. The highest BCUT2D eigenvalue weighted by Gasteiger charge is 2.29. The molecule has 2 aromatic carbocycles. The van der Waals surface area contributed by atoms with Crippen LogP contribution < -0.4 is 5.32 Å². The number of amides is 1. The van der Waals surface area contributed by atoms with Gasteiger partial charge in [-0.3, -0.25) is 25.0 Å². The molecule has 1 fully saturated rings. The maximum absolute atomic E-state index is 12.8. The maximum Gasteiger partial charge on any atom is 0.277 e. The number of nitro groups is 2. The number of hydrogen-bond donors (Lipinski definition) is 1. The van der Waals surface area contributed by atoms with Crippen LogP contribution in [0.2, 0.25) is 0 Å². The number of benzene rings is 2. The molecule has 2 atom stereocenters. The first kappa shape index (κ1) is 23.7.